The minimum atomic E-state index is 0.158. The number of aliphatic hydroxyl groups is 1. The van der Waals surface area contributed by atoms with Crippen LogP contribution in [-0.4, -0.2) is 27.3 Å². The van der Waals surface area contributed by atoms with Gasteiger partial charge in [0.15, 0.2) is 0 Å². The van der Waals surface area contributed by atoms with Crippen LogP contribution in [0.1, 0.15) is 17.9 Å². The van der Waals surface area contributed by atoms with Gasteiger partial charge in [-0.2, -0.15) is 0 Å². The molecule has 72 valence electrons. The van der Waals surface area contributed by atoms with Crippen molar-refractivity contribution < 1.29 is 5.11 Å². The summed E-state index contributed by atoms with van der Waals surface area (Å²) in [4.78, 5) is 4.27. The van der Waals surface area contributed by atoms with Crippen molar-refractivity contribution in [3.05, 3.63) is 17.7 Å². The normalized spacial score (nSPS) is 21.5. The first-order valence-electron chi connectivity index (χ1n) is 4.71. The van der Waals surface area contributed by atoms with E-state index in [2.05, 4.69) is 9.55 Å². The molecule has 1 aliphatic heterocycles. The van der Waals surface area contributed by atoms with E-state index in [1.54, 1.807) is 0 Å². The van der Waals surface area contributed by atoms with Crippen molar-refractivity contribution >= 4 is 0 Å². The summed E-state index contributed by atoms with van der Waals surface area (Å²) >= 11 is 0. The van der Waals surface area contributed by atoms with Gasteiger partial charge in [0.2, 0.25) is 0 Å². The van der Waals surface area contributed by atoms with Crippen LogP contribution in [0.5, 0.6) is 0 Å². The standard InChI is InChI=1S/C9H15N3O/c10-7-1-2-8-5-11-9(3-4-13)12(8)6-7/h5,7,13H,1-4,6,10H2. The van der Waals surface area contributed by atoms with E-state index < -0.39 is 0 Å². The van der Waals surface area contributed by atoms with Crippen molar-refractivity contribution in [3.8, 4) is 0 Å². The lowest BCUT2D eigenvalue weighted by Gasteiger charge is -2.22. The Morgan fingerprint density at radius 3 is 3.31 bits per heavy atom. The van der Waals surface area contributed by atoms with Crippen molar-refractivity contribution in [2.45, 2.75) is 31.8 Å². The molecule has 0 radical (unpaired) electrons. The molecule has 0 bridgehead atoms. The zero-order chi connectivity index (χ0) is 9.26. The van der Waals surface area contributed by atoms with Crippen LogP contribution in [0.2, 0.25) is 0 Å². The van der Waals surface area contributed by atoms with Gasteiger partial charge in [-0.1, -0.05) is 0 Å². The molecule has 2 rings (SSSR count). The van der Waals surface area contributed by atoms with E-state index in [9.17, 15) is 0 Å². The van der Waals surface area contributed by atoms with Gasteiger partial charge in [0.05, 0.1) is 6.61 Å². The maximum absolute atomic E-state index is 8.82. The number of nitrogens with zero attached hydrogens (tertiary/aromatic N) is 2. The average molecular weight is 181 g/mol. The molecular formula is C9H15N3O. The summed E-state index contributed by atoms with van der Waals surface area (Å²) in [7, 11) is 0. The van der Waals surface area contributed by atoms with Crippen LogP contribution < -0.4 is 5.73 Å². The van der Waals surface area contributed by atoms with Crippen molar-refractivity contribution in [1.82, 2.24) is 9.55 Å². The maximum atomic E-state index is 8.82. The summed E-state index contributed by atoms with van der Waals surface area (Å²) < 4.78 is 2.14. The summed E-state index contributed by atoms with van der Waals surface area (Å²) in [6.07, 6.45) is 4.59. The maximum Gasteiger partial charge on any atom is 0.111 e. The van der Waals surface area contributed by atoms with Crippen LogP contribution in [0.25, 0.3) is 0 Å². The van der Waals surface area contributed by atoms with E-state index in [4.69, 9.17) is 10.8 Å². The molecule has 0 saturated heterocycles. The van der Waals surface area contributed by atoms with Gasteiger partial charge < -0.3 is 15.4 Å². The third kappa shape index (κ3) is 1.59. The molecule has 1 unspecified atom stereocenters. The van der Waals surface area contributed by atoms with Crippen molar-refractivity contribution in [2.24, 2.45) is 5.73 Å². The number of hydrogen-bond acceptors (Lipinski definition) is 3. The lowest BCUT2D eigenvalue weighted by molar-refractivity contribution is 0.292. The van der Waals surface area contributed by atoms with Crippen LogP contribution in [-0.2, 0) is 19.4 Å². The number of hydrogen-bond donors (Lipinski definition) is 2. The molecule has 1 aromatic rings. The number of fused-ring (bicyclic) bond motifs is 1. The summed E-state index contributed by atoms with van der Waals surface area (Å²) in [5.74, 6) is 0.965. The summed E-state index contributed by atoms with van der Waals surface area (Å²) in [5.41, 5.74) is 7.12. The van der Waals surface area contributed by atoms with E-state index in [-0.39, 0.29) is 12.6 Å². The quantitative estimate of drug-likeness (QED) is 0.658. The molecule has 0 fully saturated rings. The smallest absolute Gasteiger partial charge is 0.111 e. The van der Waals surface area contributed by atoms with Crippen LogP contribution in [0.4, 0.5) is 0 Å². The van der Waals surface area contributed by atoms with Crippen molar-refractivity contribution in [2.75, 3.05) is 6.61 Å². The van der Waals surface area contributed by atoms with E-state index in [0.717, 1.165) is 25.2 Å². The zero-order valence-electron chi connectivity index (χ0n) is 7.61. The van der Waals surface area contributed by atoms with Gasteiger partial charge in [-0.15, -0.1) is 0 Å². The largest absolute Gasteiger partial charge is 0.396 e. The van der Waals surface area contributed by atoms with Gasteiger partial charge in [0, 0.05) is 30.9 Å². The summed E-state index contributed by atoms with van der Waals surface area (Å²) in [6.45, 7) is 1.01. The second kappa shape index (κ2) is 3.47. The fourth-order valence-corrected chi connectivity index (χ4v) is 1.83. The van der Waals surface area contributed by atoms with E-state index in [1.165, 1.54) is 5.69 Å². The Kier molecular flexibility index (Phi) is 2.33. The van der Waals surface area contributed by atoms with Gasteiger partial charge in [-0.25, -0.2) is 4.98 Å². The average Bonchev–Trinajstić information content (AvgIpc) is 2.49. The molecule has 0 spiro atoms. The van der Waals surface area contributed by atoms with Crippen LogP contribution >= 0.6 is 0 Å². The van der Waals surface area contributed by atoms with Gasteiger partial charge in [-0.05, 0) is 12.8 Å². The number of imidazole rings is 1. The SMILES string of the molecule is NC1CCc2cnc(CCO)n2C1. The molecule has 1 aliphatic rings. The first kappa shape index (κ1) is 8.72. The van der Waals surface area contributed by atoms with Gasteiger partial charge in [0.25, 0.3) is 0 Å². The lowest BCUT2D eigenvalue weighted by atomic mass is 10.1. The summed E-state index contributed by atoms with van der Waals surface area (Å²) in [5, 5.41) is 8.82. The molecule has 0 aliphatic carbocycles. The predicted molar refractivity (Wildman–Crippen MR) is 49.3 cm³/mol. The van der Waals surface area contributed by atoms with Crippen LogP contribution in [0, 0.1) is 0 Å². The van der Waals surface area contributed by atoms with Gasteiger partial charge in [0.1, 0.15) is 5.82 Å². The molecule has 0 saturated carbocycles. The molecule has 4 heteroatoms. The first-order chi connectivity index (χ1) is 6.31. The molecule has 13 heavy (non-hydrogen) atoms. The molecule has 1 aromatic heterocycles. The van der Waals surface area contributed by atoms with E-state index in [1.807, 2.05) is 6.20 Å². The number of aryl methyl sites for hydroxylation is 1. The predicted octanol–water partition coefficient (Wildman–Crippen LogP) is -0.309. The molecule has 1 atom stereocenters. The Hall–Kier alpha value is -0.870. The number of nitrogens with two attached hydrogens (primary N) is 1. The van der Waals surface area contributed by atoms with Crippen molar-refractivity contribution in [3.63, 3.8) is 0 Å². The second-order valence-electron chi connectivity index (χ2n) is 3.55. The Morgan fingerprint density at radius 2 is 2.54 bits per heavy atom. The fourth-order valence-electron chi connectivity index (χ4n) is 1.83. The van der Waals surface area contributed by atoms with Crippen molar-refractivity contribution in [1.29, 1.82) is 0 Å². The minimum absolute atomic E-state index is 0.158. The third-order valence-corrected chi connectivity index (χ3v) is 2.54. The number of aromatic nitrogens is 2. The third-order valence-electron chi connectivity index (χ3n) is 2.54. The molecule has 0 aromatic carbocycles. The van der Waals surface area contributed by atoms with E-state index in [0.29, 0.717) is 6.42 Å². The minimum Gasteiger partial charge on any atom is -0.396 e. The highest BCUT2D eigenvalue weighted by Gasteiger charge is 2.17. The van der Waals surface area contributed by atoms with E-state index >= 15 is 0 Å². The molecule has 2 heterocycles. The monoisotopic (exact) mass is 181 g/mol. The second-order valence-corrected chi connectivity index (χ2v) is 3.55. The highest BCUT2D eigenvalue weighted by atomic mass is 16.3. The highest BCUT2D eigenvalue weighted by Crippen LogP contribution is 2.16. The van der Waals surface area contributed by atoms with Crippen LogP contribution in [0.15, 0.2) is 6.20 Å². The molecule has 3 N–H and O–H groups in total. The lowest BCUT2D eigenvalue weighted by Crippen LogP contribution is -2.32. The Bertz CT molecular complexity index is 295. The first-order valence-corrected chi connectivity index (χ1v) is 4.71. The summed E-state index contributed by atoms with van der Waals surface area (Å²) in [6, 6.07) is 0.249. The zero-order valence-corrected chi connectivity index (χ0v) is 7.61. The van der Waals surface area contributed by atoms with Crippen LogP contribution in [0.3, 0.4) is 0 Å². The molecular weight excluding hydrogens is 166 g/mol. The Morgan fingerprint density at radius 1 is 1.69 bits per heavy atom. The Balaban J connectivity index is 2.25. The number of rotatable bonds is 2. The van der Waals surface area contributed by atoms with Gasteiger partial charge >= 0.3 is 0 Å². The fraction of sp³-hybridized carbons (Fsp3) is 0.667. The Labute approximate surface area is 77.4 Å². The van der Waals surface area contributed by atoms with Gasteiger partial charge in [-0.3, -0.25) is 0 Å². The topological polar surface area (TPSA) is 64.1 Å². The number of aliphatic hydroxyl groups excluding tert-OH is 1. The highest BCUT2D eigenvalue weighted by molar-refractivity contribution is 5.09. The molecule has 4 nitrogen and oxygen atoms in total. The molecule has 0 amide bonds.